The van der Waals surface area contributed by atoms with Crippen LogP contribution in [0.15, 0.2) is 21.5 Å². The van der Waals surface area contributed by atoms with Crippen LogP contribution in [0.1, 0.15) is 5.69 Å². The van der Waals surface area contributed by atoms with Crippen LogP contribution in [0.4, 0.5) is 0 Å². The summed E-state index contributed by atoms with van der Waals surface area (Å²) in [5.41, 5.74) is 0.890. The summed E-state index contributed by atoms with van der Waals surface area (Å²) in [7, 11) is 0. The van der Waals surface area contributed by atoms with E-state index in [1.54, 1.807) is 12.3 Å². The van der Waals surface area contributed by atoms with Crippen LogP contribution < -0.4 is 5.43 Å². The largest absolute Gasteiger partial charge is 0.363 e. The Labute approximate surface area is 74.9 Å². The minimum atomic E-state index is 0.00759. The topological polar surface area (TPSA) is 32.9 Å². The quantitative estimate of drug-likeness (QED) is 0.776. The van der Waals surface area contributed by atoms with E-state index in [0.717, 1.165) is 5.69 Å². The first-order chi connectivity index (χ1) is 4.74. The summed E-state index contributed by atoms with van der Waals surface area (Å²) < 4.78 is 0.567. The lowest BCUT2D eigenvalue weighted by Gasteiger charge is -1.93. The van der Waals surface area contributed by atoms with Gasteiger partial charge in [0.1, 0.15) is 0 Å². The van der Waals surface area contributed by atoms with Gasteiger partial charge in [0.05, 0.1) is 4.47 Å². The molecule has 0 aliphatic heterocycles. The van der Waals surface area contributed by atoms with E-state index in [2.05, 4.69) is 36.8 Å². The molecule has 0 unspecified atom stereocenters. The van der Waals surface area contributed by atoms with E-state index in [0.29, 0.717) is 9.80 Å². The highest BCUT2D eigenvalue weighted by atomic mass is 79.9. The number of alkyl halides is 1. The van der Waals surface area contributed by atoms with Gasteiger partial charge in [-0.2, -0.15) is 0 Å². The second-order valence-corrected chi connectivity index (χ2v) is 3.22. The van der Waals surface area contributed by atoms with Crippen molar-refractivity contribution in [3.8, 4) is 0 Å². The zero-order chi connectivity index (χ0) is 7.56. The molecule has 1 aromatic heterocycles. The number of halogens is 2. The average molecular weight is 267 g/mol. The lowest BCUT2D eigenvalue weighted by atomic mass is 10.4. The van der Waals surface area contributed by atoms with Crippen molar-refractivity contribution in [3.05, 3.63) is 32.7 Å². The van der Waals surface area contributed by atoms with E-state index in [-0.39, 0.29) is 5.43 Å². The fraction of sp³-hybridized carbons (Fsp3) is 0.167. The molecule has 1 heterocycles. The van der Waals surface area contributed by atoms with E-state index >= 15 is 0 Å². The monoisotopic (exact) mass is 265 g/mol. The van der Waals surface area contributed by atoms with Crippen LogP contribution in [-0.2, 0) is 5.33 Å². The molecule has 0 aliphatic carbocycles. The first-order valence-electron chi connectivity index (χ1n) is 2.67. The molecule has 1 N–H and O–H groups in total. The van der Waals surface area contributed by atoms with Crippen molar-refractivity contribution in [1.82, 2.24) is 4.98 Å². The summed E-state index contributed by atoms with van der Waals surface area (Å²) >= 11 is 6.33. The van der Waals surface area contributed by atoms with Gasteiger partial charge in [-0.25, -0.2) is 0 Å². The van der Waals surface area contributed by atoms with Crippen LogP contribution in [0.25, 0.3) is 0 Å². The van der Waals surface area contributed by atoms with Crippen LogP contribution in [0.3, 0.4) is 0 Å². The molecule has 4 heteroatoms. The van der Waals surface area contributed by atoms with E-state index in [1.807, 2.05) is 0 Å². The van der Waals surface area contributed by atoms with Crippen molar-refractivity contribution in [2.75, 3.05) is 0 Å². The number of pyridine rings is 1. The predicted molar refractivity (Wildman–Crippen MR) is 47.4 cm³/mol. The Bertz CT molecular complexity index is 281. The highest BCUT2D eigenvalue weighted by molar-refractivity contribution is 9.10. The molecule has 0 spiro atoms. The van der Waals surface area contributed by atoms with Crippen molar-refractivity contribution in [2.45, 2.75) is 5.33 Å². The number of aromatic nitrogens is 1. The van der Waals surface area contributed by atoms with Gasteiger partial charge in [-0.3, -0.25) is 4.79 Å². The van der Waals surface area contributed by atoms with Crippen LogP contribution in [0, 0.1) is 0 Å². The molecule has 0 amide bonds. The molecule has 0 saturated heterocycles. The van der Waals surface area contributed by atoms with Gasteiger partial charge in [-0.05, 0) is 15.9 Å². The molecule has 0 radical (unpaired) electrons. The Morgan fingerprint density at radius 2 is 2.30 bits per heavy atom. The summed E-state index contributed by atoms with van der Waals surface area (Å²) in [6.45, 7) is 0. The summed E-state index contributed by atoms with van der Waals surface area (Å²) in [6.07, 6.45) is 1.64. The third-order valence-corrected chi connectivity index (χ3v) is 2.29. The molecule has 1 rings (SSSR count). The maximum absolute atomic E-state index is 10.9. The number of hydrogen-bond donors (Lipinski definition) is 1. The predicted octanol–water partition coefficient (Wildman–Crippen LogP) is 2.03. The summed E-state index contributed by atoms with van der Waals surface area (Å²) in [5.74, 6) is 0. The molecule has 2 nitrogen and oxygen atoms in total. The van der Waals surface area contributed by atoms with E-state index < -0.39 is 0 Å². The summed E-state index contributed by atoms with van der Waals surface area (Å²) in [6, 6.07) is 1.55. The Hall–Kier alpha value is -0.0900. The zero-order valence-electron chi connectivity index (χ0n) is 5.03. The van der Waals surface area contributed by atoms with Crippen LogP contribution >= 0.6 is 31.9 Å². The normalized spacial score (nSPS) is 9.80. The van der Waals surface area contributed by atoms with Gasteiger partial charge in [-0.15, -0.1) is 0 Å². The van der Waals surface area contributed by atoms with E-state index in [4.69, 9.17) is 0 Å². The molecule has 0 bridgehead atoms. The molecule has 0 saturated carbocycles. The Morgan fingerprint density at radius 1 is 1.60 bits per heavy atom. The van der Waals surface area contributed by atoms with Crippen molar-refractivity contribution < 1.29 is 0 Å². The van der Waals surface area contributed by atoms with Gasteiger partial charge in [-0.1, -0.05) is 15.9 Å². The van der Waals surface area contributed by atoms with Crippen molar-refractivity contribution in [3.63, 3.8) is 0 Å². The number of nitrogens with one attached hydrogen (secondary N) is 1. The molecular weight excluding hydrogens is 262 g/mol. The minimum Gasteiger partial charge on any atom is -0.363 e. The van der Waals surface area contributed by atoms with Gasteiger partial charge in [0.2, 0.25) is 0 Å². The molecular formula is C6H5Br2NO. The van der Waals surface area contributed by atoms with Gasteiger partial charge in [0.25, 0.3) is 0 Å². The Kier molecular flexibility index (Phi) is 2.68. The number of H-pyrrole nitrogens is 1. The Balaban J connectivity index is 3.17. The smallest absolute Gasteiger partial charge is 0.196 e. The Morgan fingerprint density at radius 3 is 2.80 bits per heavy atom. The lowest BCUT2D eigenvalue weighted by molar-refractivity contribution is 1.16. The number of hydrogen-bond acceptors (Lipinski definition) is 1. The SMILES string of the molecule is O=c1cc(CBr)[nH]cc1Br. The second-order valence-electron chi connectivity index (χ2n) is 1.80. The number of rotatable bonds is 1. The lowest BCUT2D eigenvalue weighted by Crippen LogP contribution is -2.02. The molecule has 10 heavy (non-hydrogen) atoms. The van der Waals surface area contributed by atoms with Crippen molar-refractivity contribution >= 4 is 31.9 Å². The molecule has 0 fully saturated rings. The number of aromatic amines is 1. The maximum Gasteiger partial charge on any atom is 0.196 e. The van der Waals surface area contributed by atoms with E-state index in [1.165, 1.54) is 0 Å². The average Bonchev–Trinajstić information content (AvgIpc) is 1.95. The van der Waals surface area contributed by atoms with Gasteiger partial charge >= 0.3 is 0 Å². The molecule has 54 valence electrons. The first kappa shape index (κ1) is 8.01. The summed E-state index contributed by atoms with van der Waals surface area (Å²) in [5, 5.41) is 0.676. The van der Waals surface area contributed by atoms with Crippen LogP contribution in [0.2, 0.25) is 0 Å². The zero-order valence-corrected chi connectivity index (χ0v) is 8.20. The van der Waals surface area contributed by atoms with Crippen molar-refractivity contribution in [1.29, 1.82) is 0 Å². The van der Waals surface area contributed by atoms with Gasteiger partial charge < -0.3 is 4.98 Å². The first-order valence-corrected chi connectivity index (χ1v) is 4.58. The fourth-order valence-electron chi connectivity index (χ4n) is 0.573. The van der Waals surface area contributed by atoms with Gasteiger partial charge in [0.15, 0.2) is 5.43 Å². The van der Waals surface area contributed by atoms with Crippen LogP contribution in [0.5, 0.6) is 0 Å². The molecule has 0 atom stereocenters. The highest BCUT2D eigenvalue weighted by Crippen LogP contribution is 2.03. The minimum absolute atomic E-state index is 0.00759. The third kappa shape index (κ3) is 1.70. The van der Waals surface area contributed by atoms with Gasteiger partial charge in [0, 0.05) is 23.3 Å². The summed E-state index contributed by atoms with van der Waals surface area (Å²) in [4.78, 5) is 13.8. The van der Waals surface area contributed by atoms with E-state index in [9.17, 15) is 4.79 Å². The standard InChI is InChI=1S/C6H5Br2NO/c7-2-4-1-6(10)5(8)3-9-4/h1,3H,2H2,(H,9,10). The fourth-order valence-corrected chi connectivity index (χ4v) is 1.13. The third-order valence-electron chi connectivity index (χ3n) is 1.07. The highest BCUT2D eigenvalue weighted by Gasteiger charge is 1.94. The molecule has 1 aromatic rings. The second kappa shape index (κ2) is 3.34. The molecule has 0 aromatic carbocycles. The maximum atomic E-state index is 10.9. The van der Waals surface area contributed by atoms with Crippen molar-refractivity contribution in [2.24, 2.45) is 0 Å². The van der Waals surface area contributed by atoms with Crippen LogP contribution in [-0.4, -0.2) is 4.98 Å². The molecule has 0 aliphatic rings.